The quantitative estimate of drug-likeness (QED) is 0.689. The number of nitrogens with two attached hydrogens (primary N) is 1. The molecule has 1 heterocycles. The zero-order valence-corrected chi connectivity index (χ0v) is 13.3. The fourth-order valence-electron chi connectivity index (χ4n) is 2.40. The van der Waals surface area contributed by atoms with Gasteiger partial charge < -0.3 is 5.73 Å². The number of nitrogens with zero attached hydrogens (tertiary/aromatic N) is 4. The zero-order chi connectivity index (χ0) is 16.4. The van der Waals surface area contributed by atoms with Crippen molar-refractivity contribution in [2.45, 2.75) is 19.6 Å². The van der Waals surface area contributed by atoms with Crippen LogP contribution in [0, 0.1) is 6.92 Å². The summed E-state index contributed by atoms with van der Waals surface area (Å²) in [5, 5.41) is 12.0. The maximum Gasteiger partial charge on any atom is 0.198 e. The smallest absolute Gasteiger partial charge is 0.198 e. The molecule has 1 atom stereocenters. The van der Waals surface area contributed by atoms with E-state index in [1.165, 1.54) is 0 Å². The first-order valence-electron chi connectivity index (χ1n) is 7.12. The predicted molar refractivity (Wildman–Crippen MR) is 89.8 cm³/mol. The van der Waals surface area contributed by atoms with Crippen molar-refractivity contribution < 1.29 is 4.79 Å². The van der Waals surface area contributed by atoms with Crippen molar-refractivity contribution in [3.05, 3.63) is 58.6 Å². The summed E-state index contributed by atoms with van der Waals surface area (Å²) in [5.74, 6) is 0. The minimum atomic E-state index is -0.589. The van der Waals surface area contributed by atoms with Crippen LogP contribution in [0.5, 0.6) is 0 Å². The molecule has 0 amide bonds. The van der Waals surface area contributed by atoms with Crippen LogP contribution in [0.2, 0.25) is 5.02 Å². The molecule has 0 radical (unpaired) electrons. The average molecular weight is 330 g/mol. The summed E-state index contributed by atoms with van der Waals surface area (Å²) >= 11 is 5.89. The first kappa shape index (κ1) is 15.3. The fraction of sp³-hybridized carbons (Fsp3) is 0.188. The molecule has 1 aliphatic heterocycles. The molecule has 2 aromatic carbocycles. The van der Waals surface area contributed by atoms with Gasteiger partial charge in [0.2, 0.25) is 0 Å². The summed E-state index contributed by atoms with van der Waals surface area (Å²) in [6.07, 6.45) is 0.229. The minimum Gasteiger partial charge on any atom is -0.399 e. The third-order valence-electron chi connectivity index (χ3n) is 3.70. The van der Waals surface area contributed by atoms with Crippen LogP contribution in [0.4, 0.5) is 11.4 Å². The summed E-state index contributed by atoms with van der Waals surface area (Å²) in [6.45, 7) is 2.42. The van der Waals surface area contributed by atoms with Crippen LogP contribution in [-0.4, -0.2) is 17.5 Å². The number of hydrogen-bond donors (Lipinski definition) is 1. The Morgan fingerprint density at radius 3 is 2.61 bits per heavy atom. The molecule has 2 N–H and O–H groups in total. The van der Waals surface area contributed by atoms with Crippen molar-refractivity contribution in [2.24, 2.45) is 10.4 Å². The number of rotatable bonds is 4. The number of anilines is 2. The SMILES string of the molecule is Cc1cc(CN2N=NN(c3ccc(Cl)cc3)C2C=O)ccc1N. The van der Waals surface area contributed by atoms with E-state index in [1.54, 1.807) is 34.3 Å². The summed E-state index contributed by atoms with van der Waals surface area (Å²) in [7, 11) is 0. The van der Waals surface area contributed by atoms with Crippen molar-refractivity contribution >= 4 is 29.3 Å². The van der Waals surface area contributed by atoms with Gasteiger partial charge in [0.05, 0.1) is 12.2 Å². The molecule has 0 saturated heterocycles. The Bertz CT molecular complexity index is 747. The molecule has 2 aromatic rings. The first-order valence-corrected chi connectivity index (χ1v) is 7.49. The van der Waals surface area contributed by atoms with Gasteiger partial charge in [0.15, 0.2) is 12.5 Å². The van der Waals surface area contributed by atoms with E-state index in [-0.39, 0.29) is 0 Å². The topological polar surface area (TPSA) is 74.3 Å². The van der Waals surface area contributed by atoms with Crippen molar-refractivity contribution in [1.82, 2.24) is 5.01 Å². The van der Waals surface area contributed by atoms with Gasteiger partial charge in [0, 0.05) is 10.7 Å². The predicted octanol–water partition coefficient (Wildman–Crippen LogP) is 3.36. The molecule has 0 saturated carbocycles. The third-order valence-corrected chi connectivity index (χ3v) is 3.95. The molecule has 1 aliphatic rings. The highest BCUT2D eigenvalue weighted by molar-refractivity contribution is 6.30. The molecule has 23 heavy (non-hydrogen) atoms. The highest BCUT2D eigenvalue weighted by Gasteiger charge is 2.30. The van der Waals surface area contributed by atoms with Gasteiger partial charge in [-0.25, -0.2) is 10.0 Å². The minimum absolute atomic E-state index is 0.470. The molecule has 0 bridgehead atoms. The molecule has 0 fully saturated rings. The van der Waals surface area contributed by atoms with Gasteiger partial charge in [-0.1, -0.05) is 29.0 Å². The number of aldehydes is 1. The van der Waals surface area contributed by atoms with Gasteiger partial charge in [0.1, 0.15) is 0 Å². The number of carbonyl (C=O) groups is 1. The maximum atomic E-state index is 11.5. The number of hydrogen-bond acceptors (Lipinski definition) is 6. The monoisotopic (exact) mass is 329 g/mol. The molecule has 0 spiro atoms. The molecule has 6 nitrogen and oxygen atoms in total. The summed E-state index contributed by atoms with van der Waals surface area (Å²) in [4.78, 5) is 11.5. The number of benzene rings is 2. The van der Waals surface area contributed by atoms with Gasteiger partial charge in [-0.05, 0) is 53.6 Å². The second-order valence-electron chi connectivity index (χ2n) is 5.34. The van der Waals surface area contributed by atoms with Gasteiger partial charge in [0.25, 0.3) is 0 Å². The maximum absolute atomic E-state index is 11.5. The summed E-state index contributed by atoms with van der Waals surface area (Å²) in [6, 6.07) is 12.9. The van der Waals surface area contributed by atoms with Crippen molar-refractivity contribution in [3.8, 4) is 0 Å². The molecule has 7 heteroatoms. The van der Waals surface area contributed by atoms with E-state index >= 15 is 0 Å². The molecular formula is C16H16ClN5O. The van der Waals surface area contributed by atoms with Gasteiger partial charge >= 0.3 is 0 Å². The Morgan fingerprint density at radius 2 is 1.96 bits per heavy atom. The van der Waals surface area contributed by atoms with Crippen molar-refractivity contribution in [3.63, 3.8) is 0 Å². The van der Waals surface area contributed by atoms with Crippen LogP contribution >= 0.6 is 11.6 Å². The van der Waals surface area contributed by atoms with E-state index in [1.807, 2.05) is 25.1 Å². The van der Waals surface area contributed by atoms with E-state index in [2.05, 4.69) is 10.4 Å². The molecule has 118 valence electrons. The molecule has 0 aromatic heterocycles. The van der Waals surface area contributed by atoms with Crippen LogP contribution in [0.3, 0.4) is 0 Å². The van der Waals surface area contributed by atoms with E-state index in [0.717, 1.165) is 28.8 Å². The van der Waals surface area contributed by atoms with Crippen LogP contribution in [0.1, 0.15) is 11.1 Å². The normalized spacial score (nSPS) is 16.9. The lowest BCUT2D eigenvalue weighted by atomic mass is 10.1. The van der Waals surface area contributed by atoms with Gasteiger partial charge in [-0.3, -0.25) is 4.79 Å². The van der Waals surface area contributed by atoms with Crippen LogP contribution in [-0.2, 0) is 11.3 Å². The van der Waals surface area contributed by atoms with Crippen molar-refractivity contribution in [1.29, 1.82) is 0 Å². The Kier molecular flexibility index (Phi) is 4.16. The van der Waals surface area contributed by atoms with E-state index in [9.17, 15) is 4.79 Å². The first-order chi connectivity index (χ1) is 11.1. The lowest BCUT2D eigenvalue weighted by molar-refractivity contribution is -0.111. The lowest BCUT2D eigenvalue weighted by Gasteiger charge is -2.23. The zero-order valence-electron chi connectivity index (χ0n) is 12.6. The second kappa shape index (κ2) is 6.26. The average Bonchev–Trinajstić information content (AvgIpc) is 2.94. The molecular weight excluding hydrogens is 314 g/mol. The highest BCUT2D eigenvalue weighted by Crippen LogP contribution is 2.27. The van der Waals surface area contributed by atoms with Crippen LogP contribution in [0.25, 0.3) is 0 Å². The van der Waals surface area contributed by atoms with Gasteiger partial charge in [-0.2, -0.15) is 0 Å². The third kappa shape index (κ3) is 3.12. The fourth-order valence-corrected chi connectivity index (χ4v) is 2.53. The Morgan fingerprint density at radius 1 is 1.22 bits per heavy atom. The lowest BCUT2D eigenvalue weighted by Crippen LogP contribution is -2.39. The molecule has 0 aliphatic carbocycles. The molecule has 3 rings (SSSR count). The van der Waals surface area contributed by atoms with Crippen LogP contribution < -0.4 is 10.7 Å². The largest absolute Gasteiger partial charge is 0.399 e. The Balaban J connectivity index is 1.79. The Labute approximate surface area is 139 Å². The Hall–Kier alpha value is -2.60. The van der Waals surface area contributed by atoms with Crippen LogP contribution in [0.15, 0.2) is 52.9 Å². The summed E-state index contributed by atoms with van der Waals surface area (Å²) < 4.78 is 0. The van der Waals surface area contributed by atoms with Gasteiger partial charge in [-0.15, -0.1) is 0 Å². The highest BCUT2D eigenvalue weighted by atomic mass is 35.5. The number of carbonyl (C=O) groups excluding carboxylic acids is 1. The summed E-state index contributed by atoms with van der Waals surface area (Å²) in [5.41, 5.74) is 9.34. The molecule has 1 unspecified atom stereocenters. The second-order valence-corrected chi connectivity index (χ2v) is 5.77. The number of aryl methyl sites for hydroxylation is 1. The van der Waals surface area contributed by atoms with Crippen molar-refractivity contribution in [2.75, 3.05) is 10.7 Å². The number of halogens is 1. The van der Waals surface area contributed by atoms with E-state index < -0.39 is 6.17 Å². The van der Waals surface area contributed by atoms with E-state index in [4.69, 9.17) is 17.3 Å². The van der Waals surface area contributed by atoms with E-state index in [0.29, 0.717) is 11.6 Å². The standard InChI is InChI=1S/C16H16ClN5O/c1-11-8-12(2-7-15(11)18)9-21-16(10-23)22(20-19-21)14-5-3-13(17)4-6-14/h2-8,10,16H,9,18H2,1H3. The number of nitrogen functional groups attached to an aromatic ring is 1.